The summed E-state index contributed by atoms with van der Waals surface area (Å²) in [4.78, 5) is -0.226. The summed E-state index contributed by atoms with van der Waals surface area (Å²) in [6.45, 7) is 1.12. The van der Waals surface area contributed by atoms with Gasteiger partial charge in [0.15, 0.2) is 5.82 Å². The van der Waals surface area contributed by atoms with E-state index in [1.807, 2.05) is 0 Å². The number of hydrogen-bond acceptors (Lipinski definition) is 6. The molecule has 0 radical (unpaired) electrons. The highest BCUT2D eigenvalue weighted by atomic mass is 35.5. The van der Waals surface area contributed by atoms with Crippen LogP contribution in [0.2, 0.25) is 10.0 Å². The second-order valence-corrected chi connectivity index (χ2v) is 6.64. The monoisotopic (exact) mass is 351 g/mol. The van der Waals surface area contributed by atoms with Gasteiger partial charge in [-0.2, -0.15) is 5.21 Å². The van der Waals surface area contributed by atoms with Crippen molar-refractivity contribution in [1.29, 1.82) is 0 Å². The topological polar surface area (TPSA) is 121 Å². The van der Waals surface area contributed by atoms with Gasteiger partial charge in [0, 0.05) is 5.02 Å². The average Bonchev–Trinajstić information content (AvgIpc) is 2.94. The third-order valence-corrected chi connectivity index (χ3v) is 4.96. The minimum absolute atomic E-state index is 0.0882. The van der Waals surface area contributed by atoms with Gasteiger partial charge in [-0.15, -0.1) is 10.2 Å². The van der Waals surface area contributed by atoms with Crippen LogP contribution in [0.1, 0.15) is 24.4 Å². The molecule has 3 N–H and O–H groups in total. The van der Waals surface area contributed by atoms with E-state index in [0.717, 1.165) is 0 Å². The van der Waals surface area contributed by atoms with Crippen molar-refractivity contribution in [3.8, 4) is 0 Å². The van der Waals surface area contributed by atoms with Crippen molar-refractivity contribution >= 4 is 33.2 Å². The number of tetrazole rings is 1. The molecule has 0 aliphatic rings. The van der Waals surface area contributed by atoms with Gasteiger partial charge >= 0.3 is 0 Å². The number of rotatable bonds is 5. The number of aromatic nitrogens is 4. The zero-order valence-electron chi connectivity index (χ0n) is 10.7. The zero-order chi connectivity index (χ0) is 15.6. The number of hydrogen-bond donors (Lipinski definition) is 3. The van der Waals surface area contributed by atoms with Gasteiger partial charge in [-0.05, 0) is 24.6 Å². The minimum atomic E-state index is -3.97. The maximum atomic E-state index is 12.4. The summed E-state index contributed by atoms with van der Waals surface area (Å²) in [7, 11) is -3.97. The molecule has 0 saturated carbocycles. The molecule has 1 heterocycles. The van der Waals surface area contributed by atoms with Gasteiger partial charge in [-0.25, -0.2) is 13.1 Å². The van der Waals surface area contributed by atoms with Gasteiger partial charge in [-0.3, -0.25) is 0 Å². The Hall–Kier alpha value is -1.26. The van der Waals surface area contributed by atoms with E-state index in [4.69, 9.17) is 23.2 Å². The van der Waals surface area contributed by atoms with E-state index in [9.17, 15) is 13.5 Å². The SMILES string of the molecule is CC(NS(=O)(=O)c1cc(Cl)cc(CO)c1Cl)c1nn[nH]n1. The van der Waals surface area contributed by atoms with Gasteiger partial charge < -0.3 is 5.11 Å². The first-order valence-electron chi connectivity index (χ1n) is 5.69. The Balaban J connectivity index is 2.38. The van der Waals surface area contributed by atoms with Gasteiger partial charge in [0.2, 0.25) is 10.0 Å². The lowest BCUT2D eigenvalue weighted by Crippen LogP contribution is -2.28. The van der Waals surface area contributed by atoms with Crippen molar-refractivity contribution in [3.63, 3.8) is 0 Å². The zero-order valence-corrected chi connectivity index (χ0v) is 13.0. The molecule has 0 saturated heterocycles. The summed E-state index contributed by atoms with van der Waals surface area (Å²) in [5.41, 5.74) is 0.219. The normalized spacial score (nSPS) is 13.3. The summed E-state index contributed by atoms with van der Waals surface area (Å²) in [6.07, 6.45) is 0. The van der Waals surface area contributed by atoms with E-state index < -0.39 is 22.7 Å². The summed E-state index contributed by atoms with van der Waals surface area (Å²) in [5.74, 6) is 0.180. The standard InChI is InChI=1S/C10H11Cl2N5O3S/c1-5(10-13-16-17-14-10)15-21(19,20)8-3-7(11)2-6(4-18)9(8)12/h2-3,5,15,18H,4H2,1H3,(H,13,14,16,17). The molecule has 2 rings (SSSR count). The Morgan fingerprint density at radius 1 is 1.43 bits per heavy atom. The van der Waals surface area contributed by atoms with Gasteiger partial charge in [0.25, 0.3) is 0 Å². The number of benzene rings is 1. The van der Waals surface area contributed by atoms with E-state index in [-0.39, 0.29) is 26.3 Å². The Labute approximate surface area is 130 Å². The van der Waals surface area contributed by atoms with Crippen LogP contribution in [-0.4, -0.2) is 34.1 Å². The molecular formula is C10H11Cl2N5O3S. The van der Waals surface area contributed by atoms with Crippen LogP contribution >= 0.6 is 23.2 Å². The Kier molecular flexibility index (Phi) is 4.79. The number of aliphatic hydroxyl groups is 1. The number of nitrogens with one attached hydrogen (secondary N) is 2. The molecule has 21 heavy (non-hydrogen) atoms. The van der Waals surface area contributed by atoms with Crippen LogP contribution in [0.25, 0.3) is 0 Å². The van der Waals surface area contributed by atoms with Gasteiger partial charge in [0.05, 0.1) is 17.7 Å². The van der Waals surface area contributed by atoms with E-state index in [2.05, 4.69) is 25.3 Å². The number of H-pyrrole nitrogens is 1. The maximum absolute atomic E-state index is 12.4. The molecule has 0 amide bonds. The van der Waals surface area contributed by atoms with Crippen molar-refractivity contribution in [2.75, 3.05) is 0 Å². The van der Waals surface area contributed by atoms with Crippen LogP contribution in [0.4, 0.5) is 0 Å². The highest BCUT2D eigenvalue weighted by Crippen LogP contribution is 2.30. The number of nitrogens with zero attached hydrogens (tertiary/aromatic N) is 3. The Bertz CT molecular complexity index is 735. The third-order valence-electron chi connectivity index (χ3n) is 2.62. The smallest absolute Gasteiger partial charge is 0.242 e. The summed E-state index contributed by atoms with van der Waals surface area (Å²) in [5, 5.41) is 22.2. The Morgan fingerprint density at radius 3 is 2.71 bits per heavy atom. The predicted molar refractivity (Wildman–Crippen MR) is 75.3 cm³/mol. The molecule has 0 bridgehead atoms. The first-order valence-corrected chi connectivity index (χ1v) is 7.93. The van der Waals surface area contributed by atoms with Crippen molar-refractivity contribution in [3.05, 3.63) is 33.6 Å². The molecule has 2 aromatic rings. The van der Waals surface area contributed by atoms with Crippen LogP contribution in [0.3, 0.4) is 0 Å². The quantitative estimate of drug-likeness (QED) is 0.739. The van der Waals surface area contributed by atoms with E-state index in [1.165, 1.54) is 12.1 Å². The van der Waals surface area contributed by atoms with Crippen LogP contribution in [0.15, 0.2) is 17.0 Å². The first-order chi connectivity index (χ1) is 9.85. The number of sulfonamides is 1. The summed E-state index contributed by atoms with van der Waals surface area (Å²) < 4.78 is 27.1. The second-order valence-electron chi connectivity index (χ2n) is 4.15. The third kappa shape index (κ3) is 3.50. The Morgan fingerprint density at radius 2 is 2.14 bits per heavy atom. The van der Waals surface area contributed by atoms with Crippen molar-refractivity contribution in [2.45, 2.75) is 24.5 Å². The minimum Gasteiger partial charge on any atom is -0.392 e. The van der Waals surface area contributed by atoms with Crippen LogP contribution in [0, 0.1) is 0 Å². The fourth-order valence-corrected chi connectivity index (χ4v) is 3.76. The summed E-state index contributed by atoms with van der Waals surface area (Å²) in [6, 6.07) is 1.88. The lowest BCUT2D eigenvalue weighted by atomic mass is 10.2. The van der Waals surface area contributed by atoms with E-state index in [1.54, 1.807) is 6.92 Å². The number of aliphatic hydroxyl groups excluding tert-OH is 1. The van der Waals surface area contributed by atoms with Crippen LogP contribution < -0.4 is 4.72 Å². The van der Waals surface area contributed by atoms with Crippen molar-refractivity contribution in [1.82, 2.24) is 25.3 Å². The molecule has 114 valence electrons. The van der Waals surface area contributed by atoms with Crippen LogP contribution in [0.5, 0.6) is 0 Å². The van der Waals surface area contributed by atoms with E-state index >= 15 is 0 Å². The predicted octanol–water partition coefficient (Wildman–Crippen LogP) is 1.04. The van der Waals surface area contributed by atoms with Crippen LogP contribution in [-0.2, 0) is 16.6 Å². The second kappa shape index (κ2) is 6.24. The highest BCUT2D eigenvalue weighted by Gasteiger charge is 2.25. The molecule has 0 aliphatic carbocycles. The van der Waals surface area contributed by atoms with Crippen molar-refractivity contribution in [2.24, 2.45) is 0 Å². The molecule has 8 nitrogen and oxygen atoms in total. The molecule has 0 aliphatic heterocycles. The fraction of sp³-hybridized carbons (Fsp3) is 0.300. The number of aromatic amines is 1. The average molecular weight is 352 g/mol. The maximum Gasteiger partial charge on any atom is 0.242 e. The lowest BCUT2D eigenvalue weighted by molar-refractivity contribution is 0.281. The molecule has 1 atom stereocenters. The first kappa shape index (κ1) is 16.1. The molecule has 0 spiro atoms. The molecule has 1 unspecified atom stereocenters. The molecular weight excluding hydrogens is 341 g/mol. The summed E-state index contributed by atoms with van der Waals surface area (Å²) >= 11 is 11.8. The number of halogens is 2. The molecule has 11 heteroatoms. The lowest BCUT2D eigenvalue weighted by Gasteiger charge is -2.14. The largest absolute Gasteiger partial charge is 0.392 e. The highest BCUT2D eigenvalue weighted by molar-refractivity contribution is 7.89. The molecule has 1 aromatic carbocycles. The van der Waals surface area contributed by atoms with E-state index in [0.29, 0.717) is 0 Å². The fourth-order valence-electron chi connectivity index (χ4n) is 1.63. The van der Waals surface area contributed by atoms with Crippen molar-refractivity contribution < 1.29 is 13.5 Å². The van der Waals surface area contributed by atoms with Gasteiger partial charge in [0.1, 0.15) is 4.90 Å². The van der Waals surface area contributed by atoms with Gasteiger partial charge in [-0.1, -0.05) is 28.4 Å². The molecule has 1 aromatic heterocycles. The molecule has 0 fully saturated rings.